The van der Waals surface area contributed by atoms with Gasteiger partial charge in [0.25, 0.3) is 5.91 Å². The van der Waals surface area contributed by atoms with E-state index >= 15 is 0 Å². The molecule has 2 heterocycles. The number of aromatic nitrogens is 2. The van der Waals surface area contributed by atoms with E-state index in [-0.39, 0.29) is 11.5 Å². The average Bonchev–Trinajstić information content (AvgIpc) is 2.55. The lowest BCUT2D eigenvalue weighted by molar-refractivity contribution is -0.0864. The van der Waals surface area contributed by atoms with Crippen molar-refractivity contribution >= 4 is 11.7 Å². The highest BCUT2D eigenvalue weighted by atomic mass is 16.5. The van der Waals surface area contributed by atoms with Gasteiger partial charge in [-0.3, -0.25) is 4.79 Å². The maximum absolute atomic E-state index is 11.4. The van der Waals surface area contributed by atoms with E-state index in [1.54, 1.807) is 19.2 Å². The van der Waals surface area contributed by atoms with Crippen LogP contribution in [0.25, 0.3) is 0 Å². The van der Waals surface area contributed by atoms with Gasteiger partial charge in [0.15, 0.2) is 5.69 Å². The molecule has 0 spiro atoms. The van der Waals surface area contributed by atoms with Gasteiger partial charge in [-0.15, -0.1) is 10.2 Å². The topological polar surface area (TPSA) is 76.1 Å². The molecule has 6 heteroatoms. The zero-order valence-electron chi connectivity index (χ0n) is 13.0. The lowest BCUT2D eigenvalue weighted by atomic mass is 9.86. The fraction of sp³-hybridized carbons (Fsp3) is 0.667. The molecule has 2 N–H and O–H groups in total. The number of ether oxygens (including phenoxy) is 1. The van der Waals surface area contributed by atoms with Gasteiger partial charge in [0.1, 0.15) is 5.82 Å². The van der Waals surface area contributed by atoms with Gasteiger partial charge < -0.3 is 15.4 Å². The normalized spacial score (nSPS) is 20.8. The van der Waals surface area contributed by atoms with Gasteiger partial charge in [0.05, 0.1) is 5.60 Å². The number of anilines is 1. The zero-order chi connectivity index (χ0) is 15.3. The lowest BCUT2D eigenvalue weighted by Gasteiger charge is -2.40. The number of nitrogens with one attached hydrogen (secondary N) is 2. The fourth-order valence-electron chi connectivity index (χ4n) is 2.76. The molecular weight excluding hydrogens is 268 g/mol. The highest BCUT2D eigenvalue weighted by Crippen LogP contribution is 2.32. The Balaban J connectivity index is 1.99. The van der Waals surface area contributed by atoms with Crippen molar-refractivity contribution in [2.75, 3.05) is 19.0 Å². The van der Waals surface area contributed by atoms with Crippen LogP contribution in [0.2, 0.25) is 0 Å². The van der Waals surface area contributed by atoms with Crippen LogP contribution >= 0.6 is 0 Å². The first-order valence-corrected chi connectivity index (χ1v) is 7.58. The largest absolute Gasteiger partial charge is 0.375 e. The van der Waals surface area contributed by atoms with Crippen molar-refractivity contribution < 1.29 is 9.53 Å². The molecule has 116 valence electrons. The van der Waals surface area contributed by atoms with Crippen LogP contribution in [0.3, 0.4) is 0 Å². The summed E-state index contributed by atoms with van der Waals surface area (Å²) in [4.78, 5) is 11.4. The molecule has 1 aliphatic rings. The summed E-state index contributed by atoms with van der Waals surface area (Å²) >= 11 is 0. The summed E-state index contributed by atoms with van der Waals surface area (Å²) in [5.74, 6) is 0.478. The van der Waals surface area contributed by atoms with Crippen molar-refractivity contribution in [2.45, 2.75) is 51.2 Å². The molecule has 0 saturated carbocycles. The first-order valence-electron chi connectivity index (χ1n) is 7.58. The molecule has 1 atom stereocenters. The summed E-state index contributed by atoms with van der Waals surface area (Å²) in [7, 11) is 1.58. The van der Waals surface area contributed by atoms with E-state index in [9.17, 15) is 4.79 Å². The standard InChI is InChI=1S/C15H24N4O2/c1-4-15(5-2)10-11(8-9-21-15)17-13-7-6-12(18-19-13)14(20)16-3/h6-7,11H,4-5,8-10H2,1-3H3,(H,16,20)(H,17,19). The van der Waals surface area contributed by atoms with Crippen molar-refractivity contribution in [3.8, 4) is 0 Å². The van der Waals surface area contributed by atoms with E-state index in [2.05, 4.69) is 34.7 Å². The summed E-state index contributed by atoms with van der Waals surface area (Å²) < 4.78 is 5.97. The maximum Gasteiger partial charge on any atom is 0.271 e. The minimum atomic E-state index is -0.226. The van der Waals surface area contributed by atoms with Crippen LogP contribution in [0, 0.1) is 0 Å². The monoisotopic (exact) mass is 292 g/mol. The second-order valence-corrected chi connectivity index (χ2v) is 5.46. The Morgan fingerprint density at radius 1 is 1.38 bits per heavy atom. The molecule has 1 fully saturated rings. The Bertz CT molecular complexity index is 471. The van der Waals surface area contributed by atoms with E-state index in [1.807, 2.05) is 0 Å². The van der Waals surface area contributed by atoms with Crippen LogP contribution < -0.4 is 10.6 Å². The molecule has 1 aromatic rings. The van der Waals surface area contributed by atoms with Crippen LogP contribution in [0.1, 0.15) is 50.0 Å². The van der Waals surface area contributed by atoms with Crippen molar-refractivity contribution in [1.82, 2.24) is 15.5 Å². The molecule has 1 saturated heterocycles. The van der Waals surface area contributed by atoms with Gasteiger partial charge in [-0.05, 0) is 37.8 Å². The summed E-state index contributed by atoms with van der Waals surface area (Å²) in [6, 6.07) is 3.81. The van der Waals surface area contributed by atoms with Crippen molar-refractivity contribution in [1.29, 1.82) is 0 Å². The molecule has 1 unspecified atom stereocenters. The third-order valence-corrected chi connectivity index (χ3v) is 4.26. The van der Waals surface area contributed by atoms with Crippen molar-refractivity contribution in [3.63, 3.8) is 0 Å². The number of hydrogen-bond donors (Lipinski definition) is 2. The summed E-state index contributed by atoms with van der Waals surface area (Å²) in [6.07, 6.45) is 3.96. The summed E-state index contributed by atoms with van der Waals surface area (Å²) in [6.45, 7) is 5.11. The molecule has 0 aromatic carbocycles. The third kappa shape index (κ3) is 3.69. The molecule has 0 bridgehead atoms. The number of nitrogens with zero attached hydrogens (tertiary/aromatic N) is 2. The second-order valence-electron chi connectivity index (χ2n) is 5.46. The molecule has 0 radical (unpaired) electrons. The molecule has 6 nitrogen and oxygen atoms in total. The molecule has 1 aromatic heterocycles. The van der Waals surface area contributed by atoms with Gasteiger partial charge in [-0.1, -0.05) is 13.8 Å². The van der Waals surface area contributed by atoms with Gasteiger partial charge in [-0.2, -0.15) is 0 Å². The third-order valence-electron chi connectivity index (χ3n) is 4.26. The SMILES string of the molecule is CCC1(CC)CC(Nc2ccc(C(=O)NC)nn2)CCO1. The zero-order valence-corrected chi connectivity index (χ0v) is 13.0. The predicted octanol–water partition coefficient (Wildman–Crippen LogP) is 1.99. The van der Waals surface area contributed by atoms with Crippen LogP contribution in [-0.4, -0.2) is 41.4 Å². The predicted molar refractivity (Wildman–Crippen MR) is 81.3 cm³/mol. The van der Waals surface area contributed by atoms with Gasteiger partial charge >= 0.3 is 0 Å². The highest BCUT2D eigenvalue weighted by Gasteiger charge is 2.34. The molecular formula is C15H24N4O2. The summed E-state index contributed by atoms with van der Waals surface area (Å²) in [5.41, 5.74) is 0.303. The van der Waals surface area contributed by atoms with Gasteiger partial charge in [0.2, 0.25) is 0 Å². The number of carbonyl (C=O) groups excluding carboxylic acids is 1. The van der Waals surface area contributed by atoms with E-state index < -0.39 is 0 Å². The van der Waals surface area contributed by atoms with E-state index in [0.717, 1.165) is 32.3 Å². The molecule has 21 heavy (non-hydrogen) atoms. The Kier molecular flexibility index (Phi) is 5.12. The quantitative estimate of drug-likeness (QED) is 0.868. The minimum Gasteiger partial charge on any atom is -0.375 e. The Hall–Kier alpha value is -1.69. The van der Waals surface area contributed by atoms with E-state index in [1.165, 1.54) is 0 Å². The first kappa shape index (κ1) is 15.7. The van der Waals surface area contributed by atoms with Crippen LogP contribution in [-0.2, 0) is 4.74 Å². The lowest BCUT2D eigenvalue weighted by Crippen LogP contribution is -2.43. The van der Waals surface area contributed by atoms with Crippen LogP contribution in [0.4, 0.5) is 5.82 Å². The smallest absolute Gasteiger partial charge is 0.271 e. The van der Waals surface area contributed by atoms with Crippen molar-refractivity contribution in [3.05, 3.63) is 17.8 Å². The summed E-state index contributed by atoms with van der Waals surface area (Å²) in [5, 5.41) is 13.9. The van der Waals surface area contributed by atoms with E-state index in [0.29, 0.717) is 17.6 Å². The fourth-order valence-corrected chi connectivity index (χ4v) is 2.76. The van der Waals surface area contributed by atoms with Gasteiger partial charge in [0, 0.05) is 19.7 Å². The second kappa shape index (κ2) is 6.85. The van der Waals surface area contributed by atoms with Crippen LogP contribution in [0.5, 0.6) is 0 Å². The van der Waals surface area contributed by atoms with E-state index in [4.69, 9.17) is 4.74 Å². The Morgan fingerprint density at radius 2 is 2.14 bits per heavy atom. The average molecular weight is 292 g/mol. The Labute approximate surface area is 125 Å². The maximum atomic E-state index is 11.4. The molecule has 2 rings (SSSR count). The number of amides is 1. The molecule has 0 aliphatic carbocycles. The number of hydrogen-bond acceptors (Lipinski definition) is 5. The number of carbonyl (C=O) groups is 1. The number of rotatable bonds is 5. The highest BCUT2D eigenvalue weighted by molar-refractivity contribution is 5.91. The first-order chi connectivity index (χ1) is 10.1. The van der Waals surface area contributed by atoms with Crippen molar-refractivity contribution in [2.24, 2.45) is 0 Å². The van der Waals surface area contributed by atoms with Gasteiger partial charge in [-0.25, -0.2) is 0 Å². The molecule has 1 amide bonds. The molecule has 1 aliphatic heterocycles. The minimum absolute atomic E-state index is 0.0224. The Morgan fingerprint density at radius 3 is 2.71 bits per heavy atom. The van der Waals surface area contributed by atoms with Crippen LogP contribution in [0.15, 0.2) is 12.1 Å².